The Labute approximate surface area is 123 Å². The number of nitrogens with one attached hydrogen (secondary N) is 1. The molecule has 5 heteroatoms. The summed E-state index contributed by atoms with van der Waals surface area (Å²) in [5.41, 5.74) is 8.55. The molecule has 2 aromatic rings. The van der Waals surface area contributed by atoms with Gasteiger partial charge in [0.05, 0.1) is 12.1 Å². The van der Waals surface area contributed by atoms with Crippen LogP contribution < -0.4 is 11.1 Å². The molecule has 5 nitrogen and oxygen atoms in total. The van der Waals surface area contributed by atoms with Crippen molar-refractivity contribution in [1.82, 2.24) is 15.3 Å². The highest BCUT2D eigenvalue weighted by molar-refractivity contribution is 5.94. The summed E-state index contributed by atoms with van der Waals surface area (Å²) in [6, 6.07) is 3.58. The second-order valence-electron chi connectivity index (χ2n) is 4.45. The molecular formula is C16H16N4O. The Morgan fingerprint density at radius 3 is 2.95 bits per heavy atom. The fourth-order valence-corrected chi connectivity index (χ4v) is 1.76. The third kappa shape index (κ3) is 4.13. The second-order valence-corrected chi connectivity index (χ2v) is 4.45. The van der Waals surface area contributed by atoms with Gasteiger partial charge in [0.15, 0.2) is 0 Å². The maximum Gasteiger partial charge on any atom is 0.253 e. The summed E-state index contributed by atoms with van der Waals surface area (Å²) in [4.78, 5) is 20.2. The van der Waals surface area contributed by atoms with E-state index in [1.807, 2.05) is 13.0 Å². The lowest BCUT2D eigenvalue weighted by atomic mass is 10.1. The Bertz CT molecular complexity index is 701. The van der Waals surface area contributed by atoms with Crippen LogP contribution in [0.2, 0.25) is 0 Å². The number of carbonyl (C=O) groups excluding carboxylic acids is 1. The van der Waals surface area contributed by atoms with Crippen LogP contribution in [-0.4, -0.2) is 22.4 Å². The highest BCUT2D eigenvalue weighted by atomic mass is 16.1. The first-order valence-corrected chi connectivity index (χ1v) is 6.52. The van der Waals surface area contributed by atoms with Crippen molar-refractivity contribution >= 4 is 5.91 Å². The smallest absolute Gasteiger partial charge is 0.253 e. The highest BCUT2D eigenvalue weighted by Crippen LogP contribution is 2.06. The average molecular weight is 280 g/mol. The SMILES string of the molecule is Cc1cnccc1CNC(=O)c1cncc(C#CCN)c1. The number of carbonyl (C=O) groups is 1. The number of rotatable bonds is 3. The lowest BCUT2D eigenvalue weighted by Crippen LogP contribution is -2.23. The summed E-state index contributed by atoms with van der Waals surface area (Å²) in [7, 11) is 0. The summed E-state index contributed by atoms with van der Waals surface area (Å²) in [5, 5.41) is 2.86. The van der Waals surface area contributed by atoms with E-state index < -0.39 is 0 Å². The van der Waals surface area contributed by atoms with Crippen LogP contribution in [0.1, 0.15) is 27.0 Å². The van der Waals surface area contributed by atoms with E-state index >= 15 is 0 Å². The molecule has 21 heavy (non-hydrogen) atoms. The maximum atomic E-state index is 12.1. The van der Waals surface area contributed by atoms with Gasteiger partial charge in [0.2, 0.25) is 0 Å². The van der Waals surface area contributed by atoms with Crippen LogP contribution in [-0.2, 0) is 6.54 Å². The molecule has 1 amide bonds. The fourth-order valence-electron chi connectivity index (χ4n) is 1.76. The van der Waals surface area contributed by atoms with Crippen molar-refractivity contribution in [3.05, 3.63) is 59.2 Å². The summed E-state index contributed by atoms with van der Waals surface area (Å²) in [6.07, 6.45) is 6.60. The lowest BCUT2D eigenvalue weighted by Gasteiger charge is -2.07. The summed E-state index contributed by atoms with van der Waals surface area (Å²) >= 11 is 0. The number of pyridine rings is 2. The first-order chi connectivity index (χ1) is 10.2. The fraction of sp³-hybridized carbons (Fsp3) is 0.188. The van der Waals surface area contributed by atoms with Crippen LogP contribution >= 0.6 is 0 Å². The highest BCUT2D eigenvalue weighted by Gasteiger charge is 2.07. The molecule has 2 heterocycles. The van der Waals surface area contributed by atoms with E-state index in [1.54, 1.807) is 24.7 Å². The topological polar surface area (TPSA) is 80.9 Å². The van der Waals surface area contributed by atoms with E-state index in [-0.39, 0.29) is 12.5 Å². The van der Waals surface area contributed by atoms with E-state index in [4.69, 9.17) is 5.73 Å². The number of aryl methyl sites for hydroxylation is 1. The number of aromatic nitrogens is 2. The Balaban J connectivity index is 2.05. The van der Waals surface area contributed by atoms with Gasteiger partial charge in [0.1, 0.15) is 0 Å². The molecule has 0 saturated carbocycles. The largest absolute Gasteiger partial charge is 0.348 e. The first-order valence-electron chi connectivity index (χ1n) is 6.52. The third-order valence-corrected chi connectivity index (χ3v) is 2.91. The molecule has 0 atom stereocenters. The Kier molecular flexibility index (Phi) is 5.02. The number of amides is 1. The monoisotopic (exact) mass is 280 g/mol. The first kappa shape index (κ1) is 14.7. The molecule has 0 aliphatic carbocycles. The molecule has 0 aliphatic heterocycles. The molecular weight excluding hydrogens is 264 g/mol. The number of nitrogens with zero attached hydrogens (tertiary/aromatic N) is 2. The van der Waals surface area contributed by atoms with E-state index in [2.05, 4.69) is 27.1 Å². The van der Waals surface area contributed by atoms with Crippen molar-refractivity contribution < 1.29 is 4.79 Å². The predicted octanol–water partition coefficient (Wildman–Crippen LogP) is 1.03. The molecule has 0 unspecified atom stereocenters. The van der Waals surface area contributed by atoms with Crippen LogP contribution in [0.5, 0.6) is 0 Å². The molecule has 0 radical (unpaired) electrons. The normalized spacial score (nSPS) is 9.62. The summed E-state index contributed by atoms with van der Waals surface area (Å²) < 4.78 is 0. The Morgan fingerprint density at radius 2 is 2.19 bits per heavy atom. The molecule has 3 N–H and O–H groups in total. The van der Waals surface area contributed by atoms with E-state index in [9.17, 15) is 4.79 Å². The van der Waals surface area contributed by atoms with Crippen molar-refractivity contribution in [2.24, 2.45) is 5.73 Å². The van der Waals surface area contributed by atoms with E-state index in [0.29, 0.717) is 17.7 Å². The standard InChI is InChI=1S/C16H16N4O/c1-12-8-18-6-4-14(12)11-20-16(21)15-7-13(3-2-5-17)9-19-10-15/h4,6-10H,5,11,17H2,1H3,(H,20,21). The molecule has 0 bridgehead atoms. The van der Waals surface area contributed by atoms with Gasteiger partial charge in [-0.3, -0.25) is 14.8 Å². The number of nitrogens with two attached hydrogens (primary N) is 1. The molecule has 0 aromatic carbocycles. The minimum atomic E-state index is -0.185. The van der Waals surface area contributed by atoms with Gasteiger partial charge in [-0.15, -0.1) is 0 Å². The zero-order valence-corrected chi connectivity index (χ0v) is 11.8. The maximum absolute atomic E-state index is 12.1. The van der Waals surface area contributed by atoms with E-state index in [0.717, 1.165) is 11.1 Å². The zero-order chi connectivity index (χ0) is 15.1. The van der Waals surface area contributed by atoms with Crippen molar-refractivity contribution in [2.45, 2.75) is 13.5 Å². The molecule has 106 valence electrons. The van der Waals surface area contributed by atoms with Gasteiger partial charge < -0.3 is 11.1 Å². The minimum absolute atomic E-state index is 0.185. The van der Waals surface area contributed by atoms with Gasteiger partial charge in [0.25, 0.3) is 5.91 Å². The van der Waals surface area contributed by atoms with Crippen molar-refractivity contribution in [2.75, 3.05) is 6.54 Å². The predicted molar refractivity (Wildman–Crippen MR) is 80.3 cm³/mol. The van der Waals surface area contributed by atoms with E-state index in [1.165, 1.54) is 6.20 Å². The van der Waals surface area contributed by atoms with Gasteiger partial charge in [-0.25, -0.2) is 0 Å². The molecule has 2 aromatic heterocycles. The number of hydrogen-bond donors (Lipinski definition) is 2. The third-order valence-electron chi connectivity index (χ3n) is 2.91. The van der Waals surface area contributed by atoms with Gasteiger partial charge in [-0.2, -0.15) is 0 Å². The molecule has 0 aliphatic rings. The lowest BCUT2D eigenvalue weighted by molar-refractivity contribution is 0.0950. The van der Waals surface area contributed by atoms with Gasteiger partial charge >= 0.3 is 0 Å². The summed E-state index contributed by atoms with van der Waals surface area (Å²) in [6.45, 7) is 2.68. The summed E-state index contributed by atoms with van der Waals surface area (Å²) in [5.74, 6) is 5.41. The van der Waals surface area contributed by atoms with Crippen LogP contribution in [0.15, 0.2) is 36.9 Å². The van der Waals surface area contributed by atoms with Crippen LogP contribution in [0.4, 0.5) is 0 Å². The van der Waals surface area contributed by atoms with Crippen LogP contribution in [0.25, 0.3) is 0 Å². The molecule has 0 fully saturated rings. The number of hydrogen-bond acceptors (Lipinski definition) is 4. The quantitative estimate of drug-likeness (QED) is 0.823. The Morgan fingerprint density at radius 1 is 1.33 bits per heavy atom. The van der Waals surface area contributed by atoms with Crippen LogP contribution in [0, 0.1) is 18.8 Å². The van der Waals surface area contributed by atoms with Gasteiger partial charge in [0, 0.05) is 36.9 Å². The average Bonchev–Trinajstić information content (AvgIpc) is 2.52. The van der Waals surface area contributed by atoms with Crippen LogP contribution in [0.3, 0.4) is 0 Å². The van der Waals surface area contributed by atoms with Crippen molar-refractivity contribution in [3.63, 3.8) is 0 Å². The second kappa shape index (κ2) is 7.17. The van der Waals surface area contributed by atoms with Crippen molar-refractivity contribution in [1.29, 1.82) is 0 Å². The zero-order valence-electron chi connectivity index (χ0n) is 11.8. The van der Waals surface area contributed by atoms with Gasteiger partial charge in [-0.05, 0) is 30.2 Å². The van der Waals surface area contributed by atoms with Gasteiger partial charge in [-0.1, -0.05) is 11.8 Å². The molecule has 2 rings (SSSR count). The minimum Gasteiger partial charge on any atom is -0.348 e. The Hall–Kier alpha value is -2.71. The molecule has 0 saturated heterocycles. The molecule has 0 spiro atoms. The van der Waals surface area contributed by atoms with Crippen molar-refractivity contribution in [3.8, 4) is 11.8 Å².